The summed E-state index contributed by atoms with van der Waals surface area (Å²) in [5.74, 6) is 0.878. The first-order chi connectivity index (χ1) is 11.4. The molecule has 128 valence electrons. The van der Waals surface area contributed by atoms with Crippen LogP contribution in [-0.2, 0) is 11.2 Å². The van der Waals surface area contributed by atoms with Gasteiger partial charge < -0.3 is 9.47 Å². The predicted molar refractivity (Wildman–Crippen MR) is 96.5 cm³/mol. The molecule has 0 aromatic heterocycles. The second-order valence-electron chi connectivity index (χ2n) is 4.78. The fraction of sp³-hybridized carbons (Fsp3) is 0.188. The van der Waals surface area contributed by atoms with E-state index < -0.39 is 0 Å². The third kappa shape index (κ3) is 4.60. The molecule has 2 aromatic carbocycles. The molecule has 0 saturated carbocycles. The Bertz CT molecular complexity index is 730. The molecule has 1 amide bonds. The molecule has 0 unspecified atom stereocenters. The summed E-state index contributed by atoms with van der Waals surface area (Å²) in [4.78, 5) is 12.1. The monoisotopic (exact) mass is 388 g/mol. The van der Waals surface area contributed by atoms with Gasteiger partial charge in [-0.05, 0) is 29.8 Å². The maximum atomic E-state index is 12.1. The molecule has 0 saturated heterocycles. The molecule has 0 aliphatic heterocycles. The van der Waals surface area contributed by atoms with E-state index in [0.717, 1.165) is 5.56 Å². The second-order valence-corrected chi connectivity index (χ2v) is 6.03. The molecule has 0 spiro atoms. The van der Waals surface area contributed by atoms with Crippen LogP contribution in [0.5, 0.6) is 11.5 Å². The van der Waals surface area contributed by atoms with Crippen molar-refractivity contribution in [1.29, 1.82) is 0 Å². The molecule has 24 heavy (non-hydrogen) atoms. The van der Waals surface area contributed by atoms with Crippen molar-refractivity contribution in [3.05, 3.63) is 51.0 Å². The van der Waals surface area contributed by atoms with Gasteiger partial charge in [0.15, 0.2) is 11.5 Å². The standard InChI is InChI=1S/C16H15Cl3N2O3/c1-23-13-4-3-9(5-14(13)24-2)6-15(22)20-21-16-11(18)7-10(17)8-12(16)19/h3-5,7-8,21H,6H2,1-2H3,(H,20,22). The van der Waals surface area contributed by atoms with Crippen molar-refractivity contribution in [2.45, 2.75) is 6.42 Å². The highest BCUT2D eigenvalue weighted by Crippen LogP contribution is 2.33. The van der Waals surface area contributed by atoms with Gasteiger partial charge in [0.05, 0.1) is 36.4 Å². The highest BCUT2D eigenvalue weighted by molar-refractivity contribution is 6.41. The summed E-state index contributed by atoms with van der Waals surface area (Å²) in [6.45, 7) is 0. The first kappa shape index (κ1) is 18.5. The third-order valence-electron chi connectivity index (χ3n) is 3.15. The van der Waals surface area contributed by atoms with Gasteiger partial charge >= 0.3 is 0 Å². The number of anilines is 1. The first-order valence-electron chi connectivity index (χ1n) is 6.85. The van der Waals surface area contributed by atoms with E-state index in [9.17, 15) is 4.79 Å². The maximum absolute atomic E-state index is 12.1. The van der Waals surface area contributed by atoms with E-state index in [1.54, 1.807) is 25.3 Å². The highest BCUT2D eigenvalue weighted by Gasteiger charge is 2.11. The van der Waals surface area contributed by atoms with Crippen LogP contribution in [0.3, 0.4) is 0 Å². The fourth-order valence-corrected chi connectivity index (χ4v) is 2.93. The zero-order valence-corrected chi connectivity index (χ0v) is 15.2. The largest absolute Gasteiger partial charge is 0.493 e. The summed E-state index contributed by atoms with van der Waals surface area (Å²) in [5.41, 5.74) is 6.39. The molecule has 0 radical (unpaired) electrons. The molecule has 2 N–H and O–H groups in total. The number of benzene rings is 2. The SMILES string of the molecule is COc1ccc(CC(=O)NNc2c(Cl)cc(Cl)cc2Cl)cc1OC. The molecule has 0 bridgehead atoms. The van der Waals surface area contributed by atoms with Crippen LogP contribution >= 0.6 is 34.8 Å². The van der Waals surface area contributed by atoms with E-state index in [1.165, 1.54) is 19.2 Å². The summed E-state index contributed by atoms with van der Waals surface area (Å²) < 4.78 is 10.4. The zero-order chi connectivity index (χ0) is 17.7. The molecule has 2 aromatic rings. The van der Waals surface area contributed by atoms with E-state index in [1.807, 2.05) is 0 Å². The number of hydrogen-bond donors (Lipinski definition) is 2. The Hall–Kier alpha value is -1.82. The van der Waals surface area contributed by atoms with Gasteiger partial charge in [0.1, 0.15) is 0 Å². The molecule has 2 rings (SSSR count). The molecule has 0 atom stereocenters. The molecule has 0 fully saturated rings. The van der Waals surface area contributed by atoms with E-state index in [0.29, 0.717) is 32.3 Å². The number of hydrogen-bond acceptors (Lipinski definition) is 4. The number of hydrazine groups is 1. The van der Waals surface area contributed by atoms with Crippen molar-refractivity contribution in [2.75, 3.05) is 19.6 Å². The third-order valence-corrected chi connectivity index (χ3v) is 3.96. The number of nitrogens with one attached hydrogen (secondary N) is 2. The molecular weight excluding hydrogens is 375 g/mol. The quantitative estimate of drug-likeness (QED) is 0.721. The van der Waals surface area contributed by atoms with Crippen LogP contribution in [0.1, 0.15) is 5.56 Å². The summed E-state index contributed by atoms with van der Waals surface area (Å²) >= 11 is 17.9. The van der Waals surface area contributed by atoms with Crippen molar-refractivity contribution >= 4 is 46.4 Å². The van der Waals surface area contributed by atoms with Gasteiger partial charge in [-0.15, -0.1) is 0 Å². The molecule has 0 heterocycles. The Labute approximate surface area is 154 Å². The van der Waals surface area contributed by atoms with Gasteiger partial charge in [-0.3, -0.25) is 15.6 Å². The van der Waals surface area contributed by atoms with Crippen molar-refractivity contribution in [3.8, 4) is 11.5 Å². The number of carbonyl (C=O) groups excluding carboxylic acids is 1. The molecule has 0 aliphatic rings. The molecule has 5 nitrogen and oxygen atoms in total. The lowest BCUT2D eigenvalue weighted by molar-refractivity contribution is -0.119. The Morgan fingerprint density at radius 3 is 2.21 bits per heavy atom. The van der Waals surface area contributed by atoms with Crippen molar-refractivity contribution in [2.24, 2.45) is 0 Å². The number of ether oxygens (including phenoxy) is 2. The minimum atomic E-state index is -0.274. The van der Waals surface area contributed by atoms with Crippen LogP contribution in [0.4, 0.5) is 5.69 Å². The number of carbonyl (C=O) groups is 1. The predicted octanol–water partition coefficient (Wildman–Crippen LogP) is 4.35. The number of rotatable bonds is 6. The summed E-state index contributed by atoms with van der Waals surface area (Å²) in [6.07, 6.45) is 0.135. The van der Waals surface area contributed by atoms with Gasteiger partial charge in [0.25, 0.3) is 0 Å². The van der Waals surface area contributed by atoms with Gasteiger partial charge in [-0.1, -0.05) is 40.9 Å². The Morgan fingerprint density at radius 1 is 1.00 bits per heavy atom. The second kappa shape index (κ2) is 8.33. The Morgan fingerprint density at radius 2 is 1.62 bits per heavy atom. The normalized spacial score (nSPS) is 10.2. The van der Waals surface area contributed by atoms with Gasteiger partial charge in [0.2, 0.25) is 5.91 Å². The van der Waals surface area contributed by atoms with Gasteiger partial charge in [-0.25, -0.2) is 0 Å². The van der Waals surface area contributed by atoms with Crippen LogP contribution < -0.4 is 20.3 Å². The minimum absolute atomic E-state index is 0.135. The molecule has 0 aliphatic carbocycles. The Balaban J connectivity index is 2.02. The Kier molecular flexibility index (Phi) is 6.43. The van der Waals surface area contributed by atoms with Crippen LogP contribution in [0.15, 0.2) is 30.3 Å². The lowest BCUT2D eigenvalue weighted by Crippen LogP contribution is -2.31. The number of amides is 1. The smallest absolute Gasteiger partial charge is 0.242 e. The van der Waals surface area contributed by atoms with Gasteiger partial charge in [0, 0.05) is 5.02 Å². The summed E-state index contributed by atoms with van der Waals surface area (Å²) in [6, 6.07) is 8.31. The fourth-order valence-electron chi connectivity index (χ4n) is 2.01. The lowest BCUT2D eigenvalue weighted by atomic mass is 10.1. The number of methoxy groups -OCH3 is 2. The lowest BCUT2D eigenvalue weighted by Gasteiger charge is -2.13. The van der Waals surface area contributed by atoms with E-state index in [-0.39, 0.29) is 12.3 Å². The van der Waals surface area contributed by atoms with Crippen LogP contribution in [-0.4, -0.2) is 20.1 Å². The average molecular weight is 390 g/mol. The van der Waals surface area contributed by atoms with E-state index in [2.05, 4.69) is 10.9 Å². The van der Waals surface area contributed by atoms with Gasteiger partial charge in [-0.2, -0.15) is 0 Å². The average Bonchev–Trinajstić information content (AvgIpc) is 2.53. The summed E-state index contributed by atoms with van der Waals surface area (Å²) in [7, 11) is 3.08. The van der Waals surface area contributed by atoms with Crippen molar-refractivity contribution in [1.82, 2.24) is 5.43 Å². The first-order valence-corrected chi connectivity index (χ1v) is 7.98. The molecular formula is C16H15Cl3N2O3. The maximum Gasteiger partial charge on any atom is 0.242 e. The minimum Gasteiger partial charge on any atom is -0.493 e. The van der Waals surface area contributed by atoms with Crippen molar-refractivity contribution in [3.63, 3.8) is 0 Å². The highest BCUT2D eigenvalue weighted by atomic mass is 35.5. The van der Waals surface area contributed by atoms with Crippen LogP contribution in [0, 0.1) is 0 Å². The van der Waals surface area contributed by atoms with E-state index in [4.69, 9.17) is 44.3 Å². The van der Waals surface area contributed by atoms with Crippen molar-refractivity contribution < 1.29 is 14.3 Å². The summed E-state index contributed by atoms with van der Waals surface area (Å²) in [5, 5.41) is 1.02. The number of halogens is 3. The van der Waals surface area contributed by atoms with Crippen LogP contribution in [0.2, 0.25) is 15.1 Å². The topological polar surface area (TPSA) is 59.6 Å². The van der Waals surface area contributed by atoms with Crippen LogP contribution in [0.25, 0.3) is 0 Å². The zero-order valence-electron chi connectivity index (χ0n) is 13.0. The van der Waals surface area contributed by atoms with E-state index >= 15 is 0 Å². The molecule has 8 heteroatoms.